The lowest BCUT2D eigenvalue weighted by Gasteiger charge is -2.28. The number of hydrogen-bond donors (Lipinski definition) is 2. The van der Waals surface area contributed by atoms with Crippen LogP contribution >= 0.6 is 11.8 Å². The lowest BCUT2D eigenvalue weighted by Crippen LogP contribution is -2.36. The van der Waals surface area contributed by atoms with Crippen LogP contribution in [0, 0.1) is 6.92 Å². The maximum absolute atomic E-state index is 5.77. The number of rotatable bonds is 7. The molecule has 156 valence electrons. The summed E-state index contributed by atoms with van der Waals surface area (Å²) in [7, 11) is 1.80. The monoisotopic (exact) mass is 412 g/mol. The van der Waals surface area contributed by atoms with Gasteiger partial charge in [-0.05, 0) is 43.2 Å². The standard InChI is InChI=1S/C23H32N4OS/c1-4-28-22-15-18(2)5-8-20(22)17-26-23(24-3)25-16-19-6-9-21(10-7-19)27-11-13-29-14-12-27/h5-10,15H,4,11-14,16-17H2,1-3H3,(H2,24,25,26). The van der Waals surface area contributed by atoms with Gasteiger partial charge in [-0.25, -0.2) is 0 Å². The molecular weight excluding hydrogens is 380 g/mol. The minimum Gasteiger partial charge on any atom is -0.494 e. The first-order valence-corrected chi connectivity index (χ1v) is 11.4. The number of benzene rings is 2. The highest BCUT2D eigenvalue weighted by Gasteiger charge is 2.11. The summed E-state index contributed by atoms with van der Waals surface area (Å²) in [5.41, 5.74) is 4.89. The summed E-state index contributed by atoms with van der Waals surface area (Å²) in [6.07, 6.45) is 0. The van der Waals surface area contributed by atoms with Crippen LogP contribution in [0.25, 0.3) is 0 Å². The molecule has 2 aromatic rings. The number of aliphatic imine (C=N–C) groups is 1. The largest absolute Gasteiger partial charge is 0.494 e. The molecular formula is C23H32N4OS. The fourth-order valence-corrected chi connectivity index (χ4v) is 4.23. The number of nitrogens with one attached hydrogen (secondary N) is 2. The third kappa shape index (κ3) is 6.32. The van der Waals surface area contributed by atoms with Gasteiger partial charge in [0.2, 0.25) is 0 Å². The van der Waals surface area contributed by atoms with Crippen molar-refractivity contribution < 1.29 is 4.74 Å². The van der Waals surface area contributed by atoms with Crippen molar-refractivity contribution in [3.8, 4) is 5.75 Å². The fourth-order valence-electron chi connectivity index (χ4n) is 3.33. The van der Waals surface area contributed by atoms with Crippen molar-refractivity contribution in [3.63, 3.8) is 0 Å². The van der Waals surface area contributed by atoms with Crippen LogP contribution in [-0.2, 0) is 13.1 Å². The molecule has 1 saturated heterocycles. The molecule has 1 aliphatic heterocycles. The molecule has 0 aromatic heterocycles. The van der Waals surface area contributed by atoms with Crippen molar-refractivity contribution in [2.24, 2.45) is 4.99 Å². The van der Waals surface area contributed by atoms with Gasteiger partial charge in [-0.1, -0.05) is 24.3 Å². The summed E-state index contributed by atoms with van der Waals surface area (Å²) >= 11 is 2.04. The van der Waals surface area contributed by atoms with Gasteiger partial charge in [0.25, 0.3) is 0 Å². The summed E-state index contributed by atoms with van der Waals surface area (Å²) in [6, 6.07) is 15.2. The molecule has 0 radical (unpaired) electrons. The second kappa shape index (κ2) is 11.0. The molecule has 2 N–H and O–H groups in total. The van der Waals surface area contributed by atoms with E-state index >= 15 is 0 Å². The average Bonchev–Trinajstić information content (AvgIpc) is 2.76. The molecule has 2 aromatic carbocycles. The van der Waals surface area contributed by atoms with Crippen LogP contribution in [0.15, 0.2) is 47.5 Å². The van der Waals surface area contributed by atoms with Crippen LogP contribution in [0.3, 0.4) is 0 Å². The van der Waals surface area contributed by atoms with Crippen molar-refractivity contribution >= 4 is 23.4 Å². The Morgan fingerprint density at radius 3 is 2.48 bits per heavy atom. The Bertz CT molecular complexity index is 801. The molecule has 3 rings (SSSR count). The molecule has 1 aliphatic rings. The van der Waals surface area contributed by atoms with Crippen molar-refractivity contribution in [2.45, 2.75) is 26.9 Å². The van der Waals surface area contributed by atoms with Crippen LogP contribution in [0.2, 0.25) is 0 Å². The lowest BCUT2D eigenvalue weighted by atomic mass is 10.1. The van der Waals surface area contributed by atoms with E-state index in [2.05, 4.69) is 69.9 Å². The van der Waals surface area contributed by atoms with Gasteiger partial charge in [0.15, 0.2) is 5.96 Å². The quantitative estimate of drug-likeness (QED) is 0.535. The van der Waals surface area contributed by atoms with Crippen LogP contribution in [0.4, 0.5) is 5.69 Å². The Morgan fingerprint density at radius 2 is 1.79 bits per heavy atom. The number of nitrogens with zero attached hydrogens (tertiary/aromatic N) is 2. The Morgan fingerprint density at radius 1 is 1.07 bits per heavy atom. The van der Waals surface area contributed by atoms with Gasteiger partial charge >= 0.3 is 0 Å². The number of aryl methyl sites for hydroxylation is 1. The van der Waals surface area contributed by atoms with E-state index < -0.39 is 0 Å². The highest BCUT2D eigenvalue weighted by atomic mass is 32.2. The second-order valence-corrected chi connectivity index (χ2v) is 8.31. The van der Waals surface area contributed by atoms with E-state index in [1.807, 2.05) is 18.7 Å². The zero-order chi connectivity index (χ0) is 20.5. The van der Waals surface area contributed by atoms with Crippen molar-refractivity contribution in [3.05, 3.63) is 59.2 Å². The highest BCUT2D eigenvalue weighted by Crippen LogP contribution is 2.21. The molecule has 0 saturated carbocycles. The summed E-state index contributed by atoms with van der Waals surface area (Å²) in [5.74, 6) is 4.15. The molecule has 0 bridgehead atoms. The summed E-state index contributed by atoms with van der Waals surface area (Å²) in [6.45, 7) is 8.44. The second-order valence-electron chi connectivity index (χ2n) is 7.09. The van der Waals surface area contributed by atoms with E-state index in [4.69, 9.17) is 4.74 Å². The first-order valence-electron chi connectivity index (χ1n) is 10.3. The van der Waals surface area contributed by atoms with Crippen LogP contribution in [0.5, 0.6) is 5.75 Å². The zero-order valence-corrected chi connectivity index (χ0v) is 18.5. The molecule has 0 atom stereocenters. The topological polar surface area (TPSA) is 48.9 Å². The van der Waals surface area contributed by atoms with E-state index in [1.165, 1.54) is 28.3 Å². The molecule has 29 heavy (non-hydrogen) atoms. The lowest BCUT2D eigenvalue weighted by molar-refractivity contribution is 0.336. The predicted molar refractivity (Wildman–Crippen MR) is 125 cm³/mol. The number of ether oxygens (including phenoxy) is 1. The van der Waals surface area contributed by atoms with E-state index in [9.17, 15) is 0 Å². The fraction of sp³-hybridized carbons (Fsp3) is 0.435. The van der Waals surface area contributed by atoms with Gasteiger partial charge in [0, 0.05) is 56.0 Å². The Kier molecular flexibility index (Phi) is 8.11. The summed E-state index contributed by atoms with van der Waals surface area (Å²) in [4.78, 5) is 6.81. The minimum absolute atomic E-state index is 0.662. The Labute approximate surface area is 178 Å². The first-order chi connectivity index (χ1) is 14.2. The van der Waals surface area contributed by atoms with E-state index in [1.54, 1.807) is 7.05 Å². The van der Waals surface area contributed by atoms with Gasteiger partial charge in [0.1, 0.15) is 5.75 Å². The van der Waals surface area contributed by atoms with E-state index in [0.29, 0.717) is 13.2 Å². The molecule has 1 fully saturated rings. The maximum atomic E-state index is 5.77. The Hall–Kier alpha value is -2.34. The first kappa shape index (κ1) is 21.4. The molecule has 5 nitrogen and oxygen atoms in total. The SMILES string of the molecule is CCOc1cc(C)ccc1CNC(=NC)NCc1ccc(N2CCSCC2)cc1. The highest BCUT2D eigenvalue weighted by molar-refractivity contribution is 7.99. The third-order valence-electron chi connectivity index (χ3n) is 4.96. The summed E-state index contributed by atoms with van der Waals surface area (Å²) < 4.78 is 5.77. The van der Waals surface area contributed by atoms with Crippen LogP contribution < -0.4 is 20.3 Å². The Balaban J connectivity index is 1.52. The van der Waals surface area contributed by atoms with Crippen molar-refractivity contribution in [2.75, 3.05) is 43.1 Å². The van der Waals surface area contributed by atoms with Crippen molar-refractivity contribution in [1.29, 1.82) is 0 Å². The van der Waals surface area contributed by atoms with Gasteiger partial charge in [-0.15, -0.1) is 0 Å². The number of guanidine groups is 1. The summed E-state index contributed by atoms with van der Waals surface area (Å²) in [5, 5.41) is 6.78. The van der Waals surface area contributed by atoms with Gasteiger partial charge in [-0.3, -0.25) is 4.99 Å². The number of hydrogen-bond acceptors (Lipinski definition) is 4. The normalized spacial score (nSPS) is 14.6. The molecule has 6 heteroatoms. The van der Waals surface area contributed by atoms with Crippen LogP contribution in [-0.4, -0.2) is 44.2 Å². The number of anilines is 1. The van der Waals surface area contributed by atoms with Crippen LogP contribution in [0.1, 0.15) is 23.6 Å². The van der Waals surface area contributed by atoms with E-state index in [0.717, 1.165) is 36.9 Å². The van der Waals surface area contributed by atoms with E-state index in [-0.39, 0.29) is 0 Å². The van der Waals surface area contributed by atoms with Gasteiger partial charge in [0.05, 0.1) is 6.61 Å². The number of thioether (sulfide) groups is 1. The zero-order valence-electron chi connectivity index (χ0n) is 17.7. The molecule has 0 spiro atoms. The van der Waals surface area contributed by atoms with Gasteiger partial charge in [-0.2, -0.15) is 11.8 Å². The third-order valence-corrected chi connectivity index (χ3v) is 5.91. The van der Waals surface area contributed by atoms with Crippen molar-refractivity contribution in [1.82, 2.24) is 10.6 Å². The maximum Gasteiger partial charge on any atom is 0.191 e. The smallest absolute Gasteiger partial charge is 0.191 e. The molecule has 0 amide bonds. The van der Waals surface area contributed by atoms with Gasteiger partial charge < -0.3 is 20.3 Å². The average molecular weight is 413 g/mol. The minimum atomic E-state index is 0.662. The molecule has 0 aliphatic carbocycles. The predicted octanol–water partition coefficient (Wildman–Crippen LogP) is 3.81. The molecule has 0 unspecified atom stereocenters. The molecule has 1 heterocycles.